The van der Waals surface area contributed by atoms with E-state index in [2.05, 4.69) is 5.10 Å². The number of amides is 1. The number of hydrogen-bond acceptors (Lipinski definition) is 7. The van der Waals surface area contributed by atoms with Gasteiger partial charge in [0.2, 0.25) is 4.96 Å². The van der Waals surface area contributed by atoms with Crippen LogP contribution >= 0.6 is 11.3 Å². The number of carbonyl (C=O) groups is 1. The Labute approximate surface area is 201 Å². The van der Waals surface area contributed by atoms with Crippen molar-refractivity contribution >= 4 is 28.0 Å². The van der Waals surface area contributed by atoms with Crippen molar-refractivity contribution in [1.82, 2.24) is 19.5 Å². The maximum Gasteiger partial charge on any atom is 0.277 e. The van der Waals surface area contributed by atoms with Crippen molar-refractivity contribution in [2.45, 2.75) is 20.0 Å². The summed E-state index contributed by atoms with van der Waals surface area (Å²) >= 11 is 1.39. The molecule has 1 fully saturated rings. The van der Waals surface area contributed by atoms with Crippen molar-refractivity contribution in [3.63, 3.8) is 0 Å². The van der Waals surface area contributed by atoms with Crippen LogP contribution in [0.15, 0.2) is 65.5 Å². The van der Waals surface area contributed by atoms with Gasteiger partial charge >= 0.3 is 0 Å². The predicted molar refractivity (Wildman–Crippen MR) is 133 cm³/mol. The second-order valence-corrected chi connectivity index (χ2v) is 9.26. The lowest BCUT2D eigenvalue weighted by Crippen LogP contribution is -2.52. The first kappa shape index (κ1) is 22.1. The molecule has 0 aliphatic carbocycles. The van der Waals surface area contributed by atoms with Crippen LogP contribution in [0.2, 0.25) is 0 Å². The van der Waals surface area contributed by atoms with Crippen LogP contribution in [0, 0.1) is 6.92 Å². The molecule has 0 saturated carbocycles. The Bertz CT molecular complexity index is 1360. The van der Waals surface area contributed by atoms with E-state index in [1.807, 2.05) is 66.4 Å². The molecule has 1 aliphatic heterocycles. The van der Waals surface area contributed by atoms with Crippen LogP contribution in [0.3, 0.4) is 0 Å². The molecule has 9 heteroatoms. The highest BCUT2D eigenvalue weighted by Gasteiger charge is 2.27. The minimum atomic E-state index is -0.568. The number of ether oxygens (including phenoxy) is 1. The van der Waals surface area contributed by atoms with Gasteiger partial charge in [0.05, 0.1) is 0 Å². The number of anilines is 1. The van der Waals surface area contributed by atoms with Gasteiger partial charge in [0.1, 0.15) is 16.6 Å². The van der Waals surface area contributed by atoms with Crippen LogP contribution in [-0.4, -0.2) is 57.7 Å². The van der Waals surface area contributed by atoms with Crippen molar-refractivity contribution < 1.29 is 9.53 Å². The Hall–Kier alpha value is -3.72. The molecular weight excluding hydrogens is 450 g/mol. The molecular formula is C25H25N5O3S. The number of rotatable bonds is 5. The standard InChI is InChI=1S/C25H25N5O3S/c1-17-8-10-20(11-9-17)33-18(2)24(32)29-14-12-28(13-15-29)21-16-22(31)30-25(26-21)34-23(27-30)19-6-4-3-5-7-19/h3-11,16,18H,12-15H2,1-2H3. The third-order valence-electron chi connectivity index (χ3n) is 5.85. The minimum absolute atomic E-state index is 0.0429. The smallest absolute Gasteiger partial charge is 0.277 e. The summed E-state index contributed by atoms with van der Waals surface area (Å²) in [4.78, 5) is 34.7. The monoisotopic (exact) mass is 475 g/mol. The molecule has 3 heterocycles. The fraction of sp³-hybridized carbons (Fsp3) is 0.280. The maximum atomic E-state index is 12.9. The average molecular weight is 476 g/mol. The summed E-state index contributed by atoms with van der Waals surface area (Å²) in [5, 5.41) is 5.19. The van der Waals surface area contributed by atoms with E-state index < -0.39 is 6.10 Å². The van der Waals surface area contributed by atoms with Crippen LogP contribution < -0.4 is 15.2 Å². The van der Waals surface area contributed by atoms with E-state index >= 15 is 0 Å². The van der Waals surface area contributed by atoms with Crippen molar-refractivity contribution in [3.8, 4) is 16.3 Å². The fourth-order valence-electron chi connectivity index (χ4n) is 3.94. The molecule has 1 amide bonds. The Balaban J connectivity index is 1.26. The average Bonchev–Trinajstić information content (AvgIpc) is 3.31. The highest BCUT2D eigenvalue weighted by atomic mass is 32.1. The van der Waals surface area contributed by atoms with Gasteiger partial charge in [-0.25, -0.2) is 4.98 Å². The van der Waals surface area contributed by atoms with Gasteiger partial charge in [-0.05, 0) is 26.0 Å². The van der Waals surface area contributed by atoms with Crippen molar-refractivity contribution in [2.24, 2.45) is 0 Å². The fourth-order valence-corrected chi connectivity index (χ4v) is 4.85. The molecule has 1 saturated heterocycles. The summed E-state index contributed by atoms with van der Waals surface area (Å²) in [5.74, 6) is 1.26. The molecule has 4 aromatic rings. The molecule has 2 aromatic heterocycles. The summed E-state index contributed by atoms with van der Waals surface area (Å²) in [6.45, 7) is 6.06. The second kappa shape index (κ2) is 9.26. The quantitative estimate of drug-likeness (QED) is 0.441. The summed E-state index contributed by atoms with van der Waals surface area (Å²) < 4.78 is 7.18. The van der Waals surface area contributed by atoms with Gasteiger partial charge in [0.15, 0.2) is 6.10 Å². The zero-order valence-corrected chi connectivity index (χ0v) is 19.9. The zero-order valence-electron chi connectivity index (χ0n) is 19.0. The van der Waals surface area contributed by atoms with Crippen LogP contribution in [0.25, 0.3) is 15.5 Å². The van der Waals surface area contributed by atoms with Crippen molar-refractivity contribution in [3.05, 3.63) is 76.6 Å². The maximum absolute atomic E-state index is 12.9. The largest absolute Gasteiger partial charge is 0.481 e. The first-order chi connectivity index (χ1) is 16.5. The highest BCUT2D eigenvalue weighted by Crippen LogP contribution is 2.25. The molecule has 1 unspecified atom stereocenters. The number of fused-ring (bicyclic) bond motifs is 1. The molecule has 0 spiro atoms. The number of nitrogens with zero attached hydrogens (tertiary/aromatic N) is 5. The van der Waals surface area contributed by atoms with Crippen LogP contribution in [-0.2, 0) is 4.79 Å². The number of hydrogen-bond donors (Lipinski definition) is 0. The minimum Gasteiger partial charge on any atom is -0.481 e. The molecule has 1 aliphatic rings. The molecule has 8 nitrogen and oxygen atoms in total. The van der Waals surface area contributed by atoms with E-state index in [0.717, 1.165) is 16.1 Å². The third-order valence-corrected chi connectivity index (χ3v) is 6.81. The number of benzene rings is 2. The lowest BCUT2D eigenvalue weighted by atomic mass is 10.2. The van der Waals surface area contributed by atoms with Crippen LogP contribution in [0.5, 0.6) is 5.75 Å². The number of aryl methyl sites for hydroxylation is 1. The second-order valence-electron chi connectivity index (χ2n) is 8.31. The van der Waals surface area contributed by atoms with Gasteiger partial charge in [-0.15, -0.1) is 0 Å². The van der Waals surface area contributed by atoms with E-state index in [1.165, 1.54) is 21.9 Å². The number of aromatic nitrogens is 3. The summed E-state index contributed by atoms with van der Waals surface area (Å²) in [7, 11) is 0. The van der Waals surface area contributed by atoms with Gasteiger partial charge in [-0.2, -0.15) is 9.61 Å². The molecule has 0 radical (unpaired) electrons. The van der Waals surface area contributed by atoms with Gasteiger partial charge in [-0.3, -0.25) is 9.59 Å². The van der Waals surface area contributed by atoms with Crippen molar-refractivity contribution in [2.75, 3.05) is 31.1 Å². The van der Waals surface area contributed by atoms with E-state index in [1.54, 1.807) is 11.8 Å². The predicted octanol–water partition coefficient (Wildman–Crippen LogP) is 3.24. The Morgan fingerprint density at radius 1 is 1.03 bits per heavy atom. The topological polar surface area (TPSA) is 80.0 Å². The van der Waals surface area contributed by atoms with Gasteiger partial charge in [0, 0.05) is 37.8 Å². The van der Waals surface area contributed by atoms with E-state index in [0.29, 0.717) is 42.7 Å². The highest BCUT2D eigenvalue weighted by molar-refractivity contribution is 7.19. The lowest BCUT2D eigenvalue weighted by molar-refractivity contribution is -0.138. The Kier molecular flexibility index (Phi) is 6.02. The van der Waals surface area contributed by atoms with Gasteiger partial charge < -0.3 is 14.5 Å². The summed E-state index contributed by atoms with van der Waals surface area (Å²) in [6.07, 6.45) is -0.568. The molecule has 5 rings (SSSR count). The molecule has 0 N–H and O–H groups in total. The SMILES string of the molecule is Cc1ccc(OC(C)C(=O)N2CCN(c3cc(=O)n4nc(-c5ccccc5)sc4n3)CC2)cc1. The first-order valence-corrected chi connectivity index (χ1v) is 12.0. The number of piperazine rings is 1. The molecule has 174 valence electrons. The van der Waals surface area contributed by atoms with E-state index in [4.69, 9.17) is 9.72 Å². The normalized spacial score (nSPS) is 14.9. The van der Waals surface area contributed by atoms with Gasteiger partial charge in [0.25, 0.3) is 11.5 Å². The van der Waals surface area contributed by atoms with E-state index in [9.17, 15) is 9.59 Å². The summed E-state index contributed by atoms with van der Waals surface area (Å²) in [5.41, 5.74) is 1.88. The molecule has 0 bridgehead atoms. The van der Waals surface area contributed by atoms with Crippen LogP contribution in [0.4, 0.5) is 5.82 Å². The number of carbonyl (C=O) groups excluding carboxylic acids is 1. The molecule has 34 heavy (non-hydrogen) atoms. The van der Waals surface area contributed by atoms with Crippen molar-refractivity contribution in [1.29, 1.82) is 0 Å². The van der Waals surface area contributed by atoms with E-state index in [-0.39, 0.29) is 11.5 Å². The zero-order chi connectivity index (χ0) is 23.7. The van der Waals surface area contributed by atoms with Crippen LogP contribution in [0.1, 0.15) is 12.5 Å². The molecule has 1 atom stereocenters. The third kappa shape index (κ3) is 4.51. The Morgan fingerprint density at radius 2 is 1.74 bits per heavy atom. The lowest BCUT2D eigenvalue weighted by Gasteiger charge is -2.36. The molecule has 2 aromatic carbocycles. The first-order valence-electron chi connectivity index (χ1n) is 11.2. The van der Waals surface area contributed by atoms with Gasteiger partial charge in [-0.1, -0.05) is 59.4 Å². The summed E-state index contributed by atoms with van der Waals surface area (Å²) in [6, 6.07) is 18.9. The Morgan fingerprint density at radius 3 is 2.44 bits per heavy atom.